The Morgan fingerprint density at radius 1 is 0.918 bits per heavy atom. The highest BCUT2D eigenvalue weighted by molar-refractivity contribution is 5.98. The van der Waals surface area contributed by atoms with Crippen LogP contribution in [0.4, 0.5) is 23.7 Å². The van der Waals surface area contributed by atoms with Gasteiger partial charge in [0, 0.05) is 34.7 Å². The lowest BCUT2D eigenvalue weighted by atomic mass is 9.84. The number of aryl methyl sites for hydroxylation is 1. The van der Waals surface area contributed by atoms with Crippen LogP contribution < -0.4 is 16.0 Å². The van der Waals surface area contributed by atoms with E-state index in [4.69, 9.17) is 9.47 Å². The molecule has 0 bridgehead atoms. The average Bonchev–Trinajstić information content (AvgIpc) is 3.55. The largest absolute Gasteiger partial charge is 0.453 e. The van der Waals surface area contributed by atoms with Gasteiger partial charge in [-0.25, -0.2) is 4.79 Å². The lowest BCUT2D eigenvalue weighted by Gasteiger charge is -2.30. The van der Waals surface area contributed by atoms with Crippen molar-refractivity contribution >= 4 is 28.6 Å². The molecule has 8 nitrogen and oxygen atoms in total. The highest BCUT2D eigenvalue weighted by atomic mass is 19.4. The fraction of sp³-hybridized carbons (Fsp3) is 0.263. The molecule has 1 saturated heterocycles. The minimum Gasteiger partial charge on any atom is -0.453 e. The number of ether oxygens (including phenoxy) is 2. The van der Waals surface area contributed by atoms with Gasteiger partial charge in [0.1, 0.15) is 6.04 Å². The number of hydrogen-bond donors (Lipinski definition) is 4. The van der Waals surface area contributed by atoms with Gasteiger partial charge in [0.05, 0.1) is 31.4 Å². The van der Waals surface area contributed by atoms with Crippen molar-refractivity contribution < 1.29 is 32.2 Å². The molecule has 1 aliphatic heterocycles. The minimum atomic E-state index is -4.40. The lowest BCUT2D eigenvalue weighted by Crippen LogP contribution is -2.48. The molecule has 6 rings (SSSR count). The van der Waals surface area contributed by atoms with E-state index in [1.807, 2.05) is 84.9 Å². The average molecular weight is 671 g/mol. The summed E-state index contributed by atoms with van der Waals surface area (Å²) in [6.07, 6.45) is -3.97. The van der Waals surface area contributed by atoms with Crippen LogP contribution in [0.15, 0.2) is 109 Å². The maximum atomic E-state index is 14.0. The number of benzene rings is 4. The van der Waals surface area contributed by atoms with Gasteiger partial charge in [0.2, 0.25) is 5.91 Å². The van der Waals surface area contributed by atoms with E-state index in [-0.39, 0.29) is 12.1 Å². The van der Waals surface area contributed by atoms with Crippen molar-refractivity contribution in [3.8, 4) is 0 Å². The molecule has 2 amide bonds. The predicted molar refractivity (Wildman–Crippen MR) is 181 cm³/mol. The Balaban J connectivity index is 1.12. The number of carbonyl (C=O) groups is 2. The van der Waals surface area contributed by atoms with Crippen molar-refractivity contribution in [1.82, 2.24) is 15.6 Å². The second kappa shape index (κ2) is 15.0. The van der Waals surface area contributed by atoms with Gasteiger partial charge in [0.15, 0.2) is 0 Å². The third-order valence-corrected chi connectivity index (χ3v) is 8.84. The number of para-hydroxylation sites is 1. The molecule has 1 aromatic heterocycles. The van der Waals surface area contributed by atoms with E-state index in [1.165, 1.54) is 13.2 Å². The van der Waals surface area contributed by atoms with Gasteiger partial charge in [-0.15, -0.1) is 0 Å². The van der Waals surface area contributed by atoms with Gasteiger partial charge in [-0.2, -0.15) is 13.2 Å². The predicted octanol–water partition coefficient (Wildman–Crippen LogP) is 7.34. The van der Waals surface area contributed by atoms with Crippen molar-refractivity contribution in [1.29, 1.82) is 0 Å². The Morgan fingerprint density at radius 2 is 1.59 bits per heavy atom. The molecular weight excluding hydrogens is 633 g/mol. The molecule has 4 N–H and O–H groups in total. The first-order chi connectivity index (χ1) is 23.7. The second-order valence-corrected chi connectivity index (χ2v) is 12.0. The van der Waals surface area contributed by atoms with Gasteiger partial charge < -0.3 is 30.4 Å². The monoisotopic (exact) mass is 670 g/mol. The molecule has 0 spiro atoms. The summed E-state index contributed by atoms with van der Waals surface area (Å²) >= 11 is 0. The second-order valence-electron chi connectivity index (χ2n) is 12.0. The number of alkyl carbamates (subject to hydrolysis) is 1. The van der Waals surface area contributed by atoms with Crippen LogP contribution in [0.25, 0.3) is 10.9 Å². The molecule has 2 heterocycles. The fourth-order valence-corrected chi connectivity index (χ4v) is 6.30. The van der Waals surface area contributed by atoms with Crippen LogP contribution in [-0.2, 0) is 26.9 Å². The SMILES string of the molecule is COC(=O)NC(C(=O)Nc1ccccc1CCC1CNC(c2cc3cc(C(F)(F)F)ccc3[nH]2)CO1)C(c1ccccc1)c1ccccc1. The summed E-state index contributed by atoms with van der Waals surface area (Å²) in [5, 5.41) is 9.78. The van der Waals surface area contributed by atoms with Crippen molar-refractivity contribution in [2.75, 3.05) is 25.6 Å². The van der Waals surface area contributed by atoms with Crippen molar-refractivity contribution in [3.05, 3.63) is 137 Å². The Kier molecular flexibility index (Phi) is 10.3. The Hall–Kier alpha value is -5.13. The van der Waals surface area contributed by atoms with E-state index < -0.39 is 35.7 Å². The number of morpholine rings is 1. The van der Waals surface area contributed by atoms with E-state index in [1.54, 1.807) is 6.07 Å². The summed E-state index contributed by atoms with van der Waals surface area (Å²) in [7, 11) is 1.26. The van der Waals surface area contributed by atoms with Crippen LogP contribution in [0.1, 0.15) is 46.3 Å². The molecule has 49 heavy (non-hydrogen) atoms. The molecule has 0 saturated carbocycles. The molecule has 0 aliphatic carbocycles. The topological polar surface area (TPSA) is 104 Å². The zero-order valence-corrected chi connectivity index (χ0v) is 26.8. The number of anilines is 1. The van der Waals surface area contributed by atoms with E-state index in [0.29, 0.717) is 42.6 Å². The standard InChI is InChI=1S/C38H37F3N4O4/c1-48-37(47)45-35(34(25-11-4-2-5-12-25)26-13-6-3-7-14-26)36(46)44-30-15-9-8-10-24(30)16-18-29-22-42-33(23-49-29)32-21-27-20-28(38(39,40)41)17-19-31(27)43-32/h2-15,17,19-21,29,33-35,42-43H,16,18,22-23H2,1H3,(H,44,46)(H,45,47). The molecule has 254 valence electrons. The van der Waals surface area contributed by atoms with Gasteiger partial charge in [-0.1, -0.05) is 78.9 Å². The Bertz CT molecular complexity index is 1830. The molecule has 5 aromatic rings. The number of methoxy groups -OCH3 is 1. The van der Waals surface area contributed by atoms with Crippen molar-refractivity contribution in [2.45, 2.75) is 43.1 Å². The fourth-order valence-electron chi connectivity index (χ4n) is 6.30. The first-order valence-corrected chi connectivity index (χ1v) is 16.1. The van der Waals surface area contributed by atoms with E-state index in [9.17, 15) is 22.8 Å². The highest BCUT2D eigenvalue weighted by Crippen LogP contribution is 2.33. The van der Waals surface area contributed by atoms with Gasteiger partial charge in [-0.05, 0) is 59.9 Å². The van der Waals surface area contributed by atoms with E-state index in [2.05, 4.69) is 20.9 Å². The Morgan fingerprint density at radius 3 is 2.22 bits per heavy atom. The van der Waals surface area contributed by atoms with Gasteiger partial charge >= 0.3 is 12.3 Å². The molecule has 3 atom stereocenters. The summed E-state index contributed by atoms with van der Waals surface area (Å²) in [5.74, 6) is -0.887. The molecule has 0 radical (unpaired) electrons. The highest BCUT2D eigenvalue weighted by Gasteiger charge is 2.34. The number of hydrogen-bond acceptors (Lipinski definition) is 5. The van der Waals surface area contributed by atoms with E-state index in [0.717, 1.165) is 34.5 Å². The Labute approximate surface area is 282 Å². The van der Waals surface area contributed by atoms with Crippen molar-refractivity contribution in [3.63, 3.8) is 0 Å². The maximum Gasteiger partial charge on any atom is 0.416 e. The minimum absolute atomic E-state index is 0.115. The summed E-state index contributed by atoms with van der Waals surface area (Å²) < 4.78 is 50.6. The van der Waals surface area contributed by atoms with Crippen LogP contribution in [0.3, 0.4) is 0 Å². The van der Waals surface area contributed by atoms with Crippen LogP contribution in [0.2, 0.25) is 0 Å². The number of fused-ring (bicyclic) bond motifs is 1. The first-order valence-electron chi connectivity index (χ1n) is 16.1. The van der Waals surface area contributed by atoms with Gasteiger partial charge in [-0.3, -0.25) is 4.79 Å². The summed E-state index contributed by atoms with van der Waals surface area (Å²) in [6, 6.07) is 30.8. The van der Waals surface area contributed by atoms with Crippen molar-refractivity contribution in [2.24, 2.45) is 0 Å². The number of carbonyl (C=O) groups excluding carboxylic acids is 2. The zero-order valence-electron chi connectivity index (χ0n) is 26.8. The number of aromatic amines is 1. The van der Waals surface area contributed by atoms with Crippen LogP contribution in [0.5, 0.6) is 0 Å². The third kappa shape index (κ3) is 8.13. The molecule has 4 aromatic carbocycles. The number of nitrogens with one attached hydrogen (secondary N) is 4. The first kappa shape index (κ1) is 33.8. The lowest BCUT2D eigenvalue weighted by molar-refractivity contribution is -0.137. The number of H-pyrrole nitrogens is 1. The molecule has 1 aliphatic rings. The summed E-state index contributed by atoms with van der Waals surface area (Å²) in [4.78, 5) is 29.8. The normalized spacial score (nSPS) is 17.1. The van der Waals surface area contributed by atoms with E-state index >= 15 is 0 Å². The van der Waals surface area contributed by atoms with Crippen LogP contribution >= 0.6 is 0 Å². The number of aromatic nitrogens is 1. The van der Waals surface area contributed by atoms with Gasteiger partial charge in [0.25, 0.3) is 0 Å². The number of amides is 2. The molecule has 1 fully saturated rings. The summed E-state index contributed by atoms with van der Waals surface area (Å²) in [5.41, 5.74) is 3.97. The zero-order chi connectivity index (χ0) is 34.4. The third-order valence-electron chi connectivity index (χ3n) is 8.84. The number of alkyl halides is 3. The quantitative estimate of drug-likeness (QED) is 0.125. The number of halogens is 3. The summed E-state index contributed by atoms with van der Waals surface area (Å²) in [6.45, 7) is 0.895. The molecule has 3 unspecified atom stereocenters. The molecular formula is C38H37F3N4O4. The number of rotatable bonds is 10. The van der Waals surface area contributed by atoms with Crippen LogP contribution in [0, 0.1) is 0 Å². The molecule has 11 heteroatoms. The van der Waals surface area contributed by atoms with Crippen LogP contribution in [-0.4, -0.2) is 49.4 Å². The maximum absolute atomic E-state index is 14.0. The smallest absolute Gasteiger partial charge is 0.416 e.